The number of benzene rings is 2. The topological polar surface area (TPSA) is 66.4 Å². The molecule has 2 unspecified atom stereocenters. The van der Waals surface area contributed by atoms with E-state index in [0.29, 0.717) is 12.8 Å². The molecule has 0 aromatic heterocycles. The van der Waals surface area contributed by atoms with E-state index in [1.807, 2.05) is 25.1 Å². The van der Waals surface area contributed by atoms with Crippen LogP contribution in [0.4, 0.5) is 0 Å². The third-order valence-electron chi connectivity index (χ3n) is 6.70. The number of rotatable bonds is 5. The molecule has 0 bridgehead atoms. The predicted octanol–water partition coefficient (Wildman–Crippen LogP) is 4.36. The van der Waals surface area contributed by atoms with Crippen molar-refractivity contribution in [2.75, 3.05) is 0 Å². The van der Waals surface area contributed by atoms with Crippen molar-refractivity contribution in [3.63, 3.8) is 0 Å². The summed E-state index contributed by atoms with van der Waals surface area (Å²) in [6.45, 7) is 2.00. The zero-order valence-electron chi connectivity index (χ0n) is 16.1. The highest BCUT2D eigenvalue weighted by Gasteiger charge is 2.60. The minimum Gasteiger partial charge on any atom is -0.478 e. The first-order valence-electron chi connectivity index (χ1n) is 9.92. The molecule has 1 aliphatic heterocycles. The number of hydrogen-bond acceptors (Lipinski definition) is 3. The number of Topliss-reactive ketones (excluding diaryl/α,β-unsaturated/α-hetero) is 1. The summed E-state index contributed by atoms with van der Waals surface area (Å²) in [5.74, 6) is -1.35. The number of aliphatic carboxylic acids is 1. The van der Waals surface area contributed by atoms with Crippen molar-refractivity contribution in [2.24, 2.45) is 5.41 Å². The second kappa shape index (κ2) is 6.93. The van der Waals surface area contributed by atoms with Gasteiger partial charge in [-0.05, 0) is 48.8 Å². The molecular weight excluding hydrogens is 350 g/mol. The van der Waals surface area contributed by atoms with Gasteiger partial charge in [0.2, 0.25) is 0 Å². The Morgan fingerprint density at radius 2 is 1.71 bits per heavy atom. The molecule has 1 fully saturated rings. The quantitative estimate of drug-likeness (QED) is 0.762. The highest BCUT2D eigenvalue weighted by Crippen LogP contribution is 2.54. The van der Waals surface area contributed by atoms with Crippen LogP contribution in [0.25, 0.3) is 11.1 Å². The van der Waals surface area contributed by atoms with Crippen molar-refractivity contribution in [1.29, 1.82) is 0 Å². The lowest BCUT2D eigenvalue weighted by Crippen LogP contribution is -2.61. The van der Waals surface area contributed by atoms with Gasteiger partial charge in [0.1, 0.15) is 5.57 Å². The molecule has 144 valence electrons. The molecule has 2 aliphatic rings. The normalized spacial score (nSPS) is 26.3. The zero-order valence-corrected chi connectivity index (χ0v) is 16.1. The molecule has 2 atom stereocenters. The number of carbonyl (C=O) groups excluding carboxylic acids is 1. The number of carbonyl (C=O) groups is 2. The van der Waals surface area contributed by atoms with Crippen molar-refractivity contribution in [1.82, 2.24) is 5.32 Å². The highest BCUT2D eigenvalue weighted by atomic mass is 16.4. The Bertz CT molecular complexity index is 932. The maximum atomic E-state index is 13.1. The SMILES string of the molecule is CCC12CCCC1(Cc1ccc(-c3ccccc3)cc1)NC=C(C(=O)O)C2=O. The molecule has 1 heterocycles. The minimum absolute atomic E-state index is 0.112. The lowest BCUT2D eigenvalue weighted by molar-refractivity contribution is -0.139. The van der Waals surface area contributed by atoms with Gasteiger partial charge in [-0.1, -0.05) is 61.5 Å². The Hall–Kier alpha value is -2.88. The molecule has 2 aromatic carbocycles. The molecule has 28 heavy (non-hydrogen) atoms. The van der Waals surface area contributed by atoms with Crippen molar-refractivity contribution in [3.8, 4) is 11.1 Å². The number of hydrogen-bond donors (Lipinski definition) is 2. The van der Waals surface area contributed by atoms with Gasteiger partial charge >= 0.3 is 5.97 Å². The molecule has 1 saturated carbocycles. The summed E-state index contributed by atoms with van der Waals surface area (Å²) in [5.41, 5.74) is 2.33. The van der Waals surface area contributed by atoms with Crippen molar-refractivity contribution < 1.29 is 14.7 Å². The Kier molecular flexibility index (Phi) is 4.58. The molecule has 4 heteroatoms. The first kappa shape index (κ1) is 18.5. The maximum absolute atomic E-state index is 13.1. The zero-order chi connectivity index (χ0) is 19.8. The van der Waals surface area contributed by atoms with Crippen LogP contribution in [-0.2, 0) is 16.0 Å². The molecule has 2 N–H and O–H groups in total. The van der Waals surface area contributed by atoms with Gasteiger partial charge in [0.15, 0.2) is 5.78 Å². The lowest BCUT2D eigenvalue weighted by atomic mass is 9.62. The van der Waals surface area contributed by atoms with E-state index in [4.69, 9.17) is 0 Å². The van der Waals surface area contributed by atoms with E-state index < -0.39 is 16.9 Å². The first-order chi connectivity index (χ1) is 13.5. The standard InChI is InChI=1S/C24H25NO3/c1-2-23-13-6-14-24(23,25-16-20(21(23)26)22(27)28)15-17-9-11-19(12-10-17)18-7-4-3-5-8-18/h3-5,7-12,16,25H,2,6,13-15H2,1H3,(H,27,28). The fourth-order valence-electron chi connectivity index (χ4n) is 5.18. The van der Waals surface area contributed by atoms with E-state index in [9.17, 15) is 14.7 Å². The van der Waals surface area contributed by atoms with Crippen molar-refractivity contribution in [2.45, 2.75) is 44.6 Å². The van der Waals surface area contributed by atoms with Crippen LogP contribution in [0.1, 0.15) is 38.2 Å². The monoisotopic (exact) mass is 375 g/mol. The van der Waals surface area contributed by atoms with Crippen LogP contribution in [0, 0.1) is 5.41 Å². The summed E-state index contributed by atoms with van der Waals surface area (Å²) < 4.78 is 0. The van der Waals surface area contributed by atoms with E-state index in [0.717, 1.165) is 30.4 Å². The summed E-state index contributed by atoms with van der Waals surface area (Å²) in [7, 11) is 0. The molecular formula is C24H25NO3. The van der Waals surface area contributed by atoms with Gasteiger partial charge < -0.3 is 10.4 Å². The smallest absolute Gasteiger partial charge is 0.340 e. The van der Waals surface area contributed by atoms with Gasteiger partial charge in [0.05, 0.1) is 11.0 Å². The highest BCUT2D eigenvalue weighted by molar-refractivity contribution is 6.19. The maximum Gasteiger partial charge on any atom is 0.340 e. The van der Waals surface area contributed by atoms with Crippen LogP contribution in [0.15, 0.2) is 66.4 Å². The molecule has 0 radical (unpaired) electrons. The third kappa shape index (κ3) is 2.75. The third-order valence-corrected chi connectivity index (χ3v) is 6.70. The summed E-state index contributed by atoms with van der Waals surface area (Å²) >= 11 is 0. The van der Waals surface area contributed by atoms with Crippen LogP contribution < -0.4 is 5.32 Å². The van der Waals surface area contributed by atoms with E-state index in [1.165, 1.54) is 11.8 Å². The van der Waals surface area contributed by atoms with Crippen molar-refractivity contribution >= 4 is 11.8 Å². The second-order valence-corrected chi connectivity index (χ2v) is 7.95. The van der Waals surface area contributed by atoms with Crippen molar-refractivity contribution in [3.05, 3.63) is 71.9 Å². The Morgan fingerprint density at radius 3 is 2.36 bits per heavy atom. The largest absolute Gasteiger partial charge is 0.478 e. The van der Waals surface area contributed by atoms with Crippen LogP contribution in [-0.4, -0.2) is 22.4 Å². The van der Waals surface area contributed by atoms with Crippen LogP contribution in [0.3, 0.4) is 0 Å². The van der Waals surface area contributed by atoms with Gasteiger partial charge in [0, 0.05) is 6.20 Å². The minimum atomic E-state index is -1.14. The van der Waals surface area contributed by atoms with E-state index in [2.05, 4.69) is 41.7 Å². The summed E-state index contributed by atoms with van der Waals surface area (Å²) in [6, 6.07) is 18.7. The fourth-order valence-corrected chi connectivity index (χ4v) is 5.18. The van der Waals surface area contributed by atoms with Crippen LogP contribution in [0.5, 0.6) is 0 Å². The second-order valence-electron chi connectivity index (χ2n) is 7.95. The van der Waals surface area contributed by atoms with Gasteiger partial charge in [-0.15, -0.1) is 0 Å². The summed E-state index contributed by atoms with van der Waals surface area (Å²) in [5, 5.41) is 12.8. The Morgan fingerprint density at radius 1 is 1.04 bits per heavy atom. The Balaban J connectivity index is 1.66. The number of carboxylic acid groups (broad SMARTS) is 1. The van der Waals surface area contributed by atoms with Crippen LogP contribution >= 0.6 is 0 Å². The van der Waals surface area contributed by atoms with Gasteiger partial charge in [-0.25, -0.2) is 4.79 Å². The molecule has 4 rings (SSSR count). The van der Waals surface area contributed by atoms with Gasteiger partial charge in [-0.3, -0.25) is 4.79 Å². The molecule has 4 nitrogen and oxygen atoms in total. The lowest BCUT2D eigenvalue weighted by Gasteiger charge is -2.48. The average Bonchev–Trinajstić information content (AvgIpc) is 3.09. The molecule has 2 aromatic rings. The molecule has 1 aliphatic carbocycles. The van der Waals surface area contributed by atoms with Gasteiger partial charge in [-0.2, -0.15) is 0 Å². The van der Waals surface area contributed by atoms with Crippen LogP contribution in [0.2, 0.25) is 0 Å². The Labute approximate surface area is 165 Å². The van der Waals surface area contributed by atoms with E-state index in [1.54, 1.807) is 0 Å². The number of ketones is 1. The number of carboxylic acids is 1. The number of fused-ring (bicyclic) bond motifs is 1. The van der Waals surface area contributed by atoms with Gasteiger partial charge in [0.25, 0.3) is 0 Å². The molecule has 0 spiro atoms. The molecule has 0 saturated heterocycles. The van der Waals surface area contributed by atoms with E-state index in [-0.39, 0.29) is 11.4 Å². The molecule has 0 amide bonds. The first-order valence-corrected chi connectivity index (χ1v) is 9.92. The average molecular weight is 375 g/mol. The number of nitrogens with one attached hydrogen (secondary N) is 1. The fraction of sp³-hybridized carbons (Fsp3) is 0.333. The summed E-state index contributed by atoms with van der Waals surface area (Å²) in [6.07, 6.45) is 5.33. The van der Waals surface area contributed by atoms with E-state index >= 15 is 0 Å². The summed E-state index contributed by atoms with van der Waals surface area (Å²) in [4.78, 5) is 24.7. The predicted molar refractivity (Wildman–Crippen MR) is 109 cm³/mol.